The summed E-state index contributed by atoms with van der Waals surface area (Å²) in [6.45, 7) is 0. The number of allylic oxidation sites excluding steroid dienone is 2. The highest BCUT2D eigenvalue weighted by Gasteiger charge is 2.61. The lowest BCUT2D eigenvalue weighted by atomic mass is 9.92. The van der Waals surface area contributed by atoms with Gasteiger partial charge < -0.3 is 0 Å². The zero-order valence-electron chi connectivity index (χ0n) is 8.74. The molecule has 0 amide bonds. The van der Waals surface area contributed by atoms with E-state index in [1.54, 1.807) is 16.7 Å². The maximum Gasteiger partial charge on any atom is -0.00520 e. The second-order valence-corrected chi connectivity index (χ2v) is 5.78. The molecule has 4 aliphatic carbocycles. The summed E-state index contributed by atoms with van der Waals surface area (Å²) >= 11 is 0. The minimum absolute atomic E-state index is 0.979. The molecule has 5 rings (SSSR count). The van der Waals surface area contributed by atoms with Crippen molar-refractivity contribution in [2.24, 2.45) is 23.7 Å². The highest BCUT2D eigenvalue weighted by atomic mass is 14.7. The van der Waals surface area contributed by atoms with Gasteiger partial charge in [-0.3, -0.25) is 0 Å². The second kappa shape index (κ2) is 2.07. The maximum absolute atomic E-state index is 2.36. The molecule has 0 nitrogen and oxygen atoms in total. The topological polar surface area (TPSA) is 0 Å². The molecule has 0 heterocycles. The van der Waals surface area contributed by atoms with Gasteiger partial charge in [0.15, 0.2) is 0 Å². The number of benzene rings is 1. The van der Waals surface area contributed by atoms with Crippen molar-refractivity contribution in [1.82, 2.24) is 0 Å². The summed E-state index contributed by atoms with van der Waals surface area (Å²) in [6.07, 6.45) is 4.32. The maximum atomic E-state index is 2.36. The minimum Gasteiger partial charge on any atom is -0.0619 e. The third-order valence-electron chi connectivity index (χ3n) is 5.08. The molecule has 0 radical (unpaired) electrons. The quantitative estimate of drug-likeness (QED) is 0.594. The van der Waals surface area contributed by atoms with E-state index in [0.29, 0.717) is 0 Å². The normalized spacial score (nSPS) is 42.9. The van der Waals surface area contributed by atoms with Gasteiger partial charge in [-0.1, -0.05) is 29.8 Å². The van der Waals surface area contributed by atoms with Crippen molar-refractivity contribution in [3.63, 3.8) is 0 Å². The Balaban J connectivity index is 1.77. The molecule has 0 saturated heterocycles. The van der Waals surface area contributed by atoms with Gasteiger partial charge in [-0.15, -0.1) is 0 Å². The lowest BCUT2D eigenvalue weighted by Crippen LogP contribution is -2.01. The first-order valence-corrected chi connectivity index (χ1v) is 6.24. The SMILES string of the molecule is c1ccc2c(c1)CC1=C2C2CC2C2CC12. The van der Waals surface area contributed by atoms with Crippen molar-refractivity contribution < 1.29 is 0 Å². The predicted octanol–water partition coefficient (Wildman–Crippen LogP) is 3.28. The molecule has 2 saturated carbocycles. The number of fused-ring (bicyclic) bond motifs is 7. The van der Waals surface area contributed by atoms with Crippen LogP contribution in [0.25, 0.3) is 5.57 Å². The molecule has 74 valence electrons. The summed E-state index contributed by atoms with van der Waals surface area (Å²) in [6, 6.07) is 9.11. The lowest BCUT2D eigenvalue weighted by molar-refractivity contribution is 0.621. The van der Waals surface area contributed by atoms with Crippen molar-refractivity contribution in [3.8, 4) is 0 Å². The summed E-state index contributed by atoms with van der Waals surface area (Å²) in [5.41, 5.74) is 6.88. The molecule has 2 fully saturated rings. The molecule has 0 bridgehead atoms. The molecule has 4 aliphatic rings. The van der Waals surface area contributed by atoms with Crippen LogP contribution in [0.4, 0.5) is 0 Å². The van der Waals surface area contributed by atoms with Gasteiger partial charge in [0.1, 0.15) is 0 Å². The number of rotatable bonds is 0. The Morgan fingerprint density at radius 3 is 2.73 bits per heavy atom. The van der Waals surface area contributed by atoms with Crippen LogP contribution in [0.15, 0.2) is 29.8 Å². The van der Waals surface area contributed by atoms with E-state index in [4.69, 9.17) is 0 Å². The Morgan fingerprint density at radius 1 is 0.933 bits per heavy atom. The fourth-order valence-corrected chi connectivity index (χ4v) is 4.29. The van der Waals surface area contributed by atoms with Gasteiger partial charge in [-0.05, 0) is 59.6 Å². The first-order chi connectivity index (χ1) is 7.43. The third-order valence-corrected chi connectivity index (χ3v) is 5.08. The van der Waals surface area contributed by atoms with Crippen LogP contribution in [-0.2, 0) is 6.42 Å². The van der Waals surface area contributed by atoms with Crippen LogP contribution < -0.4 is 0 Å². The van der Waals surface area contributed by atoms with Crippen LogP contribution >= 0.6 is 0 Å². The van der Waals surface area contributed by atoms with Crippen molar-refractivity contribution >= 4 is 5.57 Å². The zero-order chi connectivity index (χ0) is 9.57. The van der Waals surface area contributed by atoms with Gasteiger partial charge in [-0.25, -0.2) is 0 Å². The summed E-state index contributed by atoms with van der Waals surface area (Å²) < 4.78 is 0. The Hall–Kier alpha value is -1.04. The minimum atomic E-state index is 0.979. The molecule has 0 heteroatoms. The van der Waals surface area contributed by atoms with Crippen LogP contribution in [0, 0.1) is 23.7 Å². The molecule has 1 aromatic rings. The fourth-order valence-electron chi connectivity index (χ4n) is 4.29. The molecule has 0 aromatic heterocycles. The first-order valence-electron chi connectivity index (χ1n) is 6.24. The van der Waals surface area contributed by atoms with E-state index in [1.165, 1.54) is 19.3 Å². The Bertz CT molecular complexity index is 509. The van der Waals surface area contributed by atoms with Gasteiger partial charge in [-0.2, -0.15) is 0 Å². The first kappa shape index (κ1) is 7.27. The summed E-state index contributed by atoms with van der Waals surface area (Å²) in [5.74, 6) is 4.20. The molecule has 4 atom stereocenters. The average molecular weight is 194 g/mol. The number of hydrogen-bond acceptors (Lipinski definition) is 0. The lowest BCUT2D eigenvalue weighted by Gasteiger charge is -2.12. The second-order valence-electron chi connectivity index (χ2n) is 5.78. The van der Waals surface area contributed by atoms with Crippen LogP contribution in [0.3, 0.4) is 0 Å². The smallest absolute Gasteiger partial charge is 0.00520 e. The van der Waals surface area contributed by atoms with Gasteiger partial charge in [0.05, 0.1) is 0 Å². The van der Waals surface area contributed by atoms with Gasteiger partial charge in [0, 0.05) is 0 Å². The van der Waals surface area contributed by atoms with E-state index in [-0.39, 0.29) is 0 Å². The molecule has 0 spiro atoms. The molecule has 1 aromatic carbocycles. The van der Waals surface area contributed by atoms with E-state index >= 15 is 0 Å². The van der Waals surface area contributed by atoms with Crippen LogP contribution in [0.2, 0.25) is 0 Å². The van der Waals surface area contributed by atoms with E-state index < -0.39 is 0 Å². The monoisotopic (exact) mass is 194 g/mol. The van der Waals surface area contributed by atoms with E-state index in [2.05, 4.69) is 24.3 Å². The summed E-state index contributed by atoms with van der Waals surface area (Å²) in [4.78, 5) is 0. The van der Waals surface area contributed by atoms with Crippen molar-refractivity contribution in [2.75, 3.05) is 0 Å². The summed E-state index contributed by atoms with van der Waals surface area (Å²) in [5, 5.41) is 0. The highest BCUT2D eigenvalue weighted by Crippen LogP contribution is 2.71. The van der Waals surface area contributed by atoms with Crippen LogP contribution in [-0.4, -0.2) is 0 Å². The average Bonchev–Trinajstić information content (AvgIpc) is 3.12. The van der Waals surface area contributed by atoms with Crippen molar-refractivity contribution in [1.29, 1.82) is 0 Å². The Kier molecular flexibility index (Phi) is 1.00. The molecule has 4 unspecified atom stereocenters. The van der Waals surface area contributed by atoms with Crippen LogP contribution in [0.5, 0.6) is 0 Å². The molecule has 0 N–H and O–H groups in total. The highest BCUT2D eigenvalue weighted by molar-refractivity contribution is 5.81. The summed E-state index contributed by atoms with van der Waals surface area (Å²) in [7, 11) is 0. The molecular formula is C15H14. The number of hydrogen-bond donors (Lipinski definition) is 0. The van der Waals surface area contributed by atoms with Gasteiger partial charge >= 0.3 is 0 Å². The molecule has 15 heavy (non-hydrogen) atoms. The molecule has 0 aliphatic heterocycles. The van der Waals surface area contributed by atoms with Crippen LogP contribution in [0.1, 0.15) is 24.0 Å². The molecular weight excluding hydrogens is 180 g/mol. The van der Waals surface area contributed by atoms with Crippen molar-refractivity contribution in [2.45, 2.75) is 19.3 Å². The Morgan fingerprint density at radius 2 is 1.73 bits per heavy atom. The van der Waals surface area contributed by atoms with E-state index in [1.807, 2.05) is 5.57 Å². The Labute approximate surface area is 90.0 Å². The van der Waals surface area contributed by atoms with Gasteiger partial charge in [0.2, 0.25) is 0 Å². The van der Waals surface area contributed by atoms with E-state index in [9.17, 15) is 0 Å². The third kappa shape index (κ3) is 0.737. The van der Waals surface area contributed by atoms with Gasteiger partial charge in [0.25, 0.3) is 0 Å². The largest absolute Gasteiger partial charge is 0.0619 e. The fraction of sp³-hybridized carbons (Fsp3) is 0.467. The standard InChI is InChI=1S/C15H14/c1-2-4-9-8(3-1)5-13-11-6-10(11)12-7-14(12)15(9)13/h1-4,10-12,14H,5-7H2. The van der Waals surface area contributed by atoms with E-state index in [0.717, 1.165) is 23.7 Å². The zero-order valence-corrected chi connectivity index (χ0v) is 8.74. The van der Waals surface area contributed by atoms with Crippen molar-refractivity contribution in [3.05, 3.63) is 41.0 Å². The predicted molar refractivity (Wildman–Crippen MR) is 60.3 cm³/mol.